The lowest BCUT2D eigenvalue weighted by molar-refractivity contribution is -0.138. The SMILES string of the molecule is O=C(NC1CCN(C(=O)c2ccco2)CC1)C1CC1c1ccccc1C(F)(F)F. The quantitative estimate of drug-likeness (QED) is 0.840. The molecule has 8 heteroatoms. The van der Waals surface area contributed by atoms with Crippen LogP contribution in [0.4, 0.5) is 13.2 Å². The van der Waals surface area contributed by atoms with Gasteiger partial charge >= 0.3 is 6.18 Å². The summed E-state index contributed by atoms with van der Waals surface area (Å²) in [6.07, 6.45) is -1.34. The van der Waals surface area contributed by atoms with Gasteiger partial charge in [-0.05, 0) is 48.9 Å². The van der Waals surface area contributed by atoms with E-state index in [4.69, 9.17) is 4.42 Å². The molecule has 1 aromatic carbocycles. The van der Waals surface area contributed by atoms with E-state index in [0.717, 1.165) is 6.07 Å². The second kappa shape index (κ2) is 7.57. The molecule has 2 atom stereocenters. The van der Waals surface area contributed by atoms with Crippen LogP contribution < -0.4 is 5.32 Å². The minimum Gasteiger partial charge on any atom is -0.459 e. The first-order valence-corrected chi connectivity index (χ1v) is 9.64. The largest absolute Gasteiger partial charge is 0.459 e. The highest BCUT2D eigenvalue weighted by atomic mass is 19.4. The van der Waals surface area contributed by atoms with Crippen molar-refractivity contribution in [3.8, 4) is 0 Å². The van der Waals surface area contributed by atoms with Crippen molar-refractivity contribution in [1.82, 2.24) is 10.2 Å². The fraction of sp³-hybridized carbons (Fsp3) is 0.429. The van der Waals surface area contributed by atoms with Gasteiger partial charge in [-0.25, -0.2) is 0 Å². The van der Waals surface area contributed by atoms with E-state index in [9.17, 15) is 22.8 Å². The fourth-order valence-corrected chi connectivity index (χ4v) is 4.00. The molecule has 4 rings (SSSR count). The molecule has 2 amide bonds. The van der Waals surface area contributed by atoms with Gasteiger partial charge in [-0.3, -0.25) is 9.59 Å². The minimum atomic E-state index is -4.42. The van der Waals surface area contributed by atoms with Gasteiger partial charge < -0.3 is 14.6 Å². The number of furan rings is 1. The number of carbonyl (C=O) groups excluding carboxylic acids is 2. The number of likely N-dealkylation sites (tertiary alicyclic amines) is 1. The summed E-state index contributed by atoms with van der Waals surface area (Å²) in [4.78, 5) is 26.5. The van der Waals surface area contributed by atoms with Gasteiger partial charge in [0.2, 0.25) is 5.91 Å². The molecular weight excluding hydrogens is 385 g/mol. The van der Waals surface area contributed by atoms with Crippen LogP contribution >= 0.6 is 0 Å². The Labute approximate surface area is 165 Å². The number of carbonyl (C=O) groups is 2. The van der Waals surface area contributed by atoms with Crippen molar-refractivity contribution in [3.05, 3.63) is 59.5 Å². The predicted octanol–water partition coefficient (Wildman–Crippen LogP) is 3.82. The second-order valence-electron chi connectivity index (χ2n) is 7.59. The van der Waals surface area contributed by atoms with Crippen LogP contribution in [0, 0.1) is 5.92 Å². The lowest BCUT2D eigenvalue weighted by atomic mass is 10.0. The summed E-state index contributed by atoms with van der Waals surface area (Å²) in [5.74, 6) is -0.917. The van der Waals surface area contributed by atoms with E-state index in [1.807, 2.05) is 0 Å². The van der Waals surface area contributed by atoms with Gasteiger partial charge in [0.1, 0.15) is 0 Å². The summed E-state index contributed by atoms with van der Waals surface area (Å²) in [5, 5.41) is 2.95. The first kappa shape index (κ1) is 19.5. The third-order valence-corrected chi connectivity index (χ3v) is 5.65. The molecule has 5 nitrogen and oxygen atoms in total. The Morgan fingerprint density at radius 1 is 1.07 bits per heavy atom. The molecule has 29 heavy (non-hydrogen) atoms. The smallest absolute Gasteiger partial charge is 0.416 e. The van der Waals surface area contributed by atoms with Crippen LogP contribution in [-0.4, -0.2) is 35.8 Å². The molecule has 0 spiro atoms. The highest BCUT2D eigenvalue weighted by Crippen LogP contribution is 2.51. The molecule has 2 fully saturated rings. The first-order valence-electron chi connectivity index (χ1n) is 9.64. The van der Waals surface area contributed by atoms with Gasteiger partial charge in [0, 0.05) is 25.0 Å². The van der Waals surface area contributed by atoms with Crippen molar-refractivity contribution in [2.45, 2.75) is 37.4 Å². The molecule has 1 aliphatic heterocycles. The summed E-state index contributed by atoms with van der Waals surface area (Å²) < 4.78 is 44.7. The molecule has 1 aromatic heterocycles. The zero-order valence-electron chi connectivity index (χ0n) is 15.6. The van der Waals surface area contributed by atoms with Crippen molar-refractivity contribution in [3.63, 3.8) is 0 Å². The number of alkyl halides is 3. The average molecular weight is 406 g/mol. The average Bonchev–Trinajstić information content (AvgIpc) is 3.32. The van der Waals surface area contributed by atoms with Crippen LogP contribution in [0.2, 0.25) is 0 Å². The Balaban J connectivity index is 1.30. The summed E-state index contributed by atoms with van der Waals surface area (Å²) in [5.41, 5.74) is -0.468. The van der Waals surface area contributed by atoms with Crippen LogP contribution in [0.5, 0.6) is 0 Å². The highest BCUT2D eigenvalue weighted by molar-refractivity contribution is 5.91. The Hall–Kier alpha value is -2.77. The Morgan fingerprint density at radius 2 is 1.79 bits per heavy atom. The molecule has 154 valence electrons. The predicted molar refractivity (Wildman–Crippen MR) is 98.1 cm³/mol. The van der Waals surface area contributed by atoms with Crippen molar-refractivity contribution in [2.75, 3.05) is 13.1 Å². The fourth-order valence-electron chi connectivity index (χ4n) is 4.00. The standard InChI is InChI=1S/C21H21F3N2O3/c22-21(23,24)17-5-2-1-4-14(17)15-12-16(15)19(27)25-13-7-9-26(10-8-13)20(28)18-6-3-11-29-18/h1-6,11,13,15-16H,7-10,12H2,(H,25,27). The maximum Gasteiger partial charge on any atom is 0.416 e. The summed E-state index contributed by atoms with van der Waals surface area (Å²) in [7, 11) is 0. The van der Waals surface area contributed by atoms with Crippen molar-refractivity contribution >= 4 is 11.8 Å². The van der Waals surface area contributed by atoms with E-state index in [1.54, 1.807) is 23.1 Å². The van der Waals surface area contributed by atoms with E-state index in [2.05, 4.69) is 5.32 Å². The lowest BCUT2D eigenvalue weighted by Crippen LogP contribution is -2.47. The Bertz CT molecular complexity index is 887. The number of benzene rings is 1. The van der Waals surface area contributed by atoms with Crippen molar-refractivity contribution in [1.29, 1.82) is 0 Å². The molecule has 0 radical (unpaired) electrons. The number of hydrogen-bond donors (Lipinski definition) is 1. The highest BCUT2D eigenvalue weighted by Gasteiger charge is 2.48. The van der Waals surface area contributed by atoms with Crippen LogP contribution in [0.25, 0.3) is 0 Å². The zero-order valence-corrected chi connectivity index (χ0v) is 15.6. The molecule has 2 unspecified atom stereocenters. The lowest BCUT2D eigenvalue weighted by Gasteiger charge is -2.32. The number of halogens is 3. The van der Waals surface area contributed by atoms with E-state index in [-0.39, 0.29) is 29.2 Å². The Kier molecular flexibility index (Phi) is 5.10. The third-order valence-electron chi connectivity index (χ3n) is 5.65. The summed E-state index contributed by atoms with van der Waals surface area (Å²) >= 11 is 0. The number of nitrogens with one attached hydrogen (secondary N) is 1. The molecule has 1 N–H and O–H groups in total. The molecule has 1 aliphatic carbocycles. The van der Waals surface area contributed by atoms with Gasteiger partial charge in [-0.15, -0.1) is 0 Å². The molecule has 2 aromatic rings. The maximum absolute atomic E-state index is 13.2. The summed E-state index contributed by atoms with van der Waals surface area (Å²) in [6.45, 7) is 0.991. The topological polar surface area (TPSA) is 62.6 Å². The number of amides is 2. The van der Waals surface area contributed by atoms with E-state index in [1.165, 1.54) is 18.4 Å². The number of hydrogen-bond acceptors (Lipinski definition) is 3. The zero-order chi connectivity index (χ0) is 20.6. The summed E-state index contributed by atoms with van der Waals surface area (Å²) in [6, 6.07) is 8.65. The number of nitrogens with zero attached hydrogens (tertiary/aromatic N) is 1. The number of rotatable bonds is 4. The molecule has 0 bridgehead atoms. The molecule has 1 saturated heterocycles. The van der Waals surface area contributed by atoms with Gasteiger partial charge in [-0.1, -0.05) is 18.2 Å². The van der Waals surface area contributed by atoms with Gasteiger partial charge in [0.15, 0.2) is 5.76 Å². The van der Waals surface area contributed by atoms with Crippen molar-refractivity contribution in [2.24, 2.45) is 5.92 Å². The van der Waals surface area contributed by atoms with Crippen LogP contribution in [-0.2, 0) is 11.0 Å². The Morgan fingerprint density at radius 3 is 2.45 bits per heavy atom. The van der Waals surface area contributed by atoms with E-state index >= 15 is 0 Å². The number of piperidine rings is 1. The van der Waals surface area contributed by atoms with Crippen LogP contribution in [0.3, 0.4) is 0 Å². The third kappa shape index (κ3) is 4.16. The van der Waals surface area contributed by atoms with E-state index < -0.39 is 23.6 Å². The van der Waals surface area contributed by atoms with Gasteiger partial charge in [-0.2, -0.15) is 13.2 Å². The van der Waals surface area contributed by atoms with Gasteiger partial charge in [0.25, 0.3) is 5.91 Å². The van der Waals surface area contributed by atoms with E-state index in [0.29, 0.717) is 32.4 Å². The first-order chi connectivity index (χ1) is 13.8. The minimum absolute atomic E-state index is 0.0812. The molecular formula is C21H21F3N2O3. The molecule has 1 saturated carbocycles. The second-order valence-corrected chi connectivity index (χ2v) is 7.59. The van der Waals surface area contributed by atoms with Crippen molar-refractivity contribution < 1.29 is 27.2 Å². The molecule has 2 heterocycles. The van der Waals surface area contributed by atoms with Crippen LogP contribution in [0.1, 0.15) is 46.9 Å². The van der Waals surface area contributed by atoms with Gasteiger partial charge in [0.05, 0.1) is 11.8 Å². The maximum atomic E-state index is 13.2. The molecule has 2 aliphatic rings. The van der Waals surface area contributed by atoms with Crippen LogP contribution in [0.15, 0.2) is 47.1 Å². The normalized spacial score (nSPS) is 22.4. The monoisotopic (exact) mass is 406 g/mol.